The lowest BCUT2D eigenvalue weighted by atomic mass is 10.2. The highest BCUT2D eigenvalue weighted by Crippen LogP contribution is 2.34. The van der Waals surface area contributed by atoms with Gasteiger partial charge in [-0.1, -0.05) is 17.8 Å². The van der Waals surface area contributed by atoms with Crippen LogP contribution in [0.4, 0.5) is 10.1 Å². The monoisotopic (exact) mass is 373 g/mol. The minimum atomic E-state index is -0.194. The molecule has 0 saturated carbocycles. The van der Waals surface area contributed by atoms with Crippen molar-refractivity contribution in [2.24, 2.45) is 0 Å². The van der Waals surface area contributed by atoms with Crippen LogP contribution < -0.4 is 5.32 Å². The summed E-state index contributed by atoms with van der Waals surface area (Å²) in [6.07, 6.45) is 1.14. The maximum Gasteiger partial charge on any atom is 0.123 e. The van der Waals surface area contributed by atoms with Crippen LogP contribution in [0.2, 0.25) is 0 Å². The molecule has 1 N–H and O–H groups in total. The Morgan fingerprint density at radius 2 is 1.77 bits per heavy atom. The number of hydrogen-bond donors (Lipinski definition) is 1. The predicted molar refractivity (Wildman–Crippen MR) is 109 cm³/mol. The van der Waals surface area contributed by atoms with Crippen molar-refractivity contribution in [3.8, 4) is 0 Å². The molecule has 0 spiro atoms. The van der Waals surface area contributed by atoms with Crippen LogP contribution in [0.15, 0.2) is 52.3 Å². The second-order valence-corrected chi connectivity index (χ2v) is 8.10. The Kier molecular flexibility index (Phi) is 6.94. The van der Waals surface area contributed by atoms with Gasteiger partial charge in [-0.15, -0.1) is 0 Å². The molecule has 0 atom stereocenters. The minimum Gasteiger partial charge on any atom is -0.384 e. The van der Waals surface area contributed by atoms with E-state index >= 15 is 0 Å². The van der Waals surface area contributed by atoms with E-state index in [9.17, 15) is 4.39 Å². The Balaban J connectivity index is 1.53. The highest BCUT2D eigenvalue weighted by molar-refractivity contribution is 7.99. The molecule has 1 aliphatic heterocycles. The summed E-state index contributed by atoms with van der Waals surface area (Å²) in [5.74, 6) is -0.194. The lowest BCUT2D eigenvalue weighted by Gasteiger charge is -2.32. The first-order valence-electron chi connectivity index (χ1n) is 9.29. The Labute approximate surface area is 160 Å². The summed E-state index contributed by atoms with van der Waals surface area (Å²) in [5, 5.41) is 3.60. The van der Waals surface area contributed by atoms with E-state index in [1.807, 2.05) is 12.1 Å². The van der Waals surface area contributed by atoms with Gasteiger partial charge >= 0.3 is 0 Å². The van der Waals surface area contributed by atoms with Crippen molar-refractivity contribution < 1.29 is 4.39 Å². The van der Waals surface area contributed by atoms with Crippen molar-refractivity contribution in [1.82, 2.24) is 9.80 Å². The number of piperazine rings is 1. The first kappa shape index (κ1) is 19.2. The topological polar surface area (TPSA) is 18.5 Å². The van der Waals surface area contributed by atoms with E-state index in [0.29, 0.717) is 0 Å². The molecule has 0 bridgehead atoms. The summed E-state index contributed by atoms with van der Waals surface area (Å²) in [7, 11) is 2.19. The van der Waals surface area contributed by atoms with Gasteiger partial charge in [-0.25, -0.2) is 4.39 Å². The van der Waals surface area contributed by atoms with Crippen molar-refractivity contribution in [3.63, 3.8) is 0 Å². The highest BCUT2D eigenvalue weighted by atomic mass is 32.2. The fourth-order valence-electron chi connectivity index (χ4n) is 3.10. The van der Waals surface area contributed by atoms with E-state index in [0.717, 1.165) is 30.1 Å². The standard InChI is InChI=1S/C21H28FN3S/c1-17-4-9-21(26-19-7-5-18(22)6-8-19)20(16-17)23-10-3-11-25-14-12-24(2)13-15-25/h4-9,16,23H,3,10-15H2,1-2H3. The first-order valence-corrected chi connectivity index (χ1v) is 10.1. The summed E-state index contributed by atoms with van der Waals surface area (Å²) in [5.41, 5.74) is 2.41. The van der Waals surface area contributed by atoms with E-state index < -0.39 is 0 Å². The molecule has 1 saturated heterocycles. The molecule has 140 valence electrons. The number of aryl methyl sites for hydroxylation is 1. The maximum absolute atomic E-state index is 13.1. The number of nitrogens with zero attached hydrogens (tertiary/aromatic N) is 2. The summed E-state index contributed by atoms with van der Waals surface area (Å²) in [6.45, 7) is 8.91. The van der Waals surface area contributed by atoms with Crippen molar-refractivity contribution >= 4 is 17.4 Å². The molecule has 2 aromatic carbocycles. The second kappa shape index (κ2) is 9.40. The van der Waals surface area contributed by atoms with Crippen molar-refractivity contribution in [1.29, 1.82) is 0 Å². The number of benzene rings is 2. The first-order chi connectivity index (χ1) is 12.6. The van der Waals surface area contributed by atoms with E-state index in [2.05, 4.69) is 47.3 Å². The van der Waals surface area contributed by atoms with Gasteiger partial charge in [0.2, 0.25) is 0 Å². The highest BCUT2D eigenvalue weighted by Gasteiger charge is 2.13. The Bertz CT molecular complexity index is 697. The van der Waals surface area contributed by atoms with Gasteiger partial charge in [-0.05, 0) is 68.9 Å². The molecule has 0 aromatic heterocycles. The second-order valence-electron chi connectivity index (χ2n) is 6.98. The number of likely N-dealkylation sites (N-methyl/N-ethyl adjacent to an activating group) is 1. The van der Waals surface area contributed by atoms with Gasteiger partial charge in [0.25, 0.3) is 0 Å². The van der Waals surface area contributed by atoms with Crippen LogP contribution in [-0.4, -0.2) is 56.1 Å². The van der Waals surface area contributed by atoms with E-state index in [4.69, 9.17) is 0 Å². The average molecular weight is 374 g/mol. The van der Waals surface area contributed by atoms with E-state index in [1.54, 1.807) is 11.8 Å². The molecular formula is C21H28FN3S. The van der Waals surface area contributed by atoms with E-state index in [1.165, 1.54) is 48.8 Å². The summed E-state index contributed by atoms with van der Waals surface area (Å²) >= 11 is 1.67. The summed E-state index contributed by atoms with van der Waals surface area (Å²) < 4.78 is 13.1. The van der Waals surface area contributed by atoms with Crippen LogP contribution in [0.3, 0.4) is 0 Å². The molecule has 1 aliphatic rings. The van der Waals surface area contributed by atoms with Crippen LogP contribution in [0, 0.1) is 12.7 Å². The molecule has 5 heteroatoms. The van der Waals surface area contributed by atoms with Gasteiger partial charge in [0.05, 0.1) is 0 Å². The lowest BCUT2D eigenvalue weighted by Crippen LogP contribution is -2.44. The molecular weight excluding hydrogens is 345 g/mol. The molecule has 0 amide bonds. The average Bonchev–Trinajstić information content (AvgIpc) is 2.64. The van der Waals surface area contributed by atoms with Gasteiger partial charge in [0, 0.05) is 48.2 Å². The Morgan fingerprint density at radius 1 is 1.04 bits per heavy atom. The van der Waals surface area contributed by atoms with Crippen molar-refractivity contribution in [2.75, 3.05) is 51.6 Å². The number of anilines is 1. The van der Waals surface area contributed by atoms with E-state index in [-0.39, 0.29) is 5.82 Å². The normalized spacial score (nSPS) is 16.0. The van der Waals surface area contributed by atoms with Gasteiger partial charge in [-0.2, -0.15) is 0 Å². The zero-order valence-electron chi connectivity index (χ0n) is 15.7. The fraction of sp³-hybridized carbons (Fsp3) is 0.429. The van der Waals surface area contributed by atoms with Crippen LogP contribution in [0.5, 0.6) is 0 Å². The number of nitrogens with one attached hydrogen (secondary N) is 1. The van der Waals surface area contributed by atoms with Crippen LogP contribution >= 0.6 is 11.8 Å². The molecule has 1 fully saturated rings. The van der Waals surface area contributed by atoms with Crippen molar-refractivity contribution in [3.05, 3.63) is 53.8 Å². The SMILES string of the molecule is Cc1ccc(Sc2ccc(F)cc2)c(NCCCN2CCN(C)CC2)c1. The fourth-order valence-corrected chi connectivity index (χ4v) is 4.00. The van der Waals surface area contributed by atoms with Gasteiger partial charge in [0.1, 0.15) is 5.82 Å². The van der Waals surface area contributed by atoms with Gasteiger partial charge < -0.3 is 15.1 Å². The molecule has 3 nitrogen and oxygen atoms in total. The van der Waals surface area contributed by atoms with Gasteiger partial charge in [-0.3, -0.25) is 0 Å². The number of halogens is 1. The summed E-state index contributed by atoms with van der Waals surface area (Å²) in [6, 6.07) is 13.2. The van der Waals surface area contributed by atoms with Crippen LogP contribution in [0.1, 0.15) is 12.0 Å². The number of rotatable bonds is 7. The lowest BCUT2D eigenvalue weighted by molar-refractivity contribution is 0.154. The van der Waals surface area contributed by atoms with Gasteiger partial charge in [0.15, 0.2) is 0 Å². The molecule has 2 aromatic rings. The number of hydrogen-bond acceptors (Lipinski definition) is 4. The summed E-state index contributed by atoms with van der Waals surface area (Å²) in [4.78, 5) is 7.17. The largest absolute Gasteiger partial charge is 0.384 e. The van der Waals surface area contributed by atoms with Crippen LogP contribution in [0.25, 0.3) is 0 Å². The smallest absolute Gasteiger partial charge is 0.123 e. The molecule has 3 rings (SSSR count). The van der Waals surface area contributed by atoms with Crippen LogP contribution in [-0.2, 0) is 0 Å². The molecule has 0 radical (unpaired) electrons. The zero-order valence-corrected chi connectivity index (χ0v) is 16.5. The Hall–Kier alpha value is -1.56. The molecule has 1 heterocycles. The zero-order chi connectivity index (χ0) is 18.4. The molecule has 0 unspecified atom stereocenters. The van der Waals surface area contributed by atoms with Crippen molar-refractivity contribution in [2.45, 2.75) is 23.1 Å². The quantitative estimate of drug-likeness (QED) is 0.728. The Morgan fingerprint density at radius 3 is 2.50 bits per heavy atom. The minimum absolute atomic E-state index is 0.194. The predicted octanol–water partition coefficient (Wildman–Crippen LogP) is 4.33. The molecule has 26 heavy (non-hydrogen) atoms. The third-order valence-corrected chi connectivity index (χ3v) is 5.82. The third-order valence-electron chi connectivity index (χ3n) is 4.74. The molecule has 0 aliphatic carbocycles. The third kappa shape index (κ3) is 5.73. The maximum atomic E-state index is 13.1.